The fourth-order valence-electron chi connectivity index (χ4n) is 1.67. The molecule has 0 saturated carbocycles. The number of rotatable bonds is 4. The smallest absolute Gasteiger partial charge is 0.272 e. The molecule has 0 aliphatic heterocycles. The molecule has 0 aromatic carbocycles. The van der Waals surface area contributed by atoms with Gasteiger partial charge in [0.25, 0.3) is 5.91 Å². The Morgan fingerprint density at radius 1 is 1.26 bits per heavy atom. The van der Waals surface area contributed by atoms with E-state index in [9.17, 15) is 4.79 Å². The number of nitrogens with two attached hydrogens (primary N) is 1. The molecule has 0 aliphatic rings. The molecule has 5 nitrogen and oxygen atoms in total. The van der Waals surface area contributed by atoms with Crippen LogP contribution in [0.25, 0.3) is 0 Å². The van der Waals surface area contributed by atoms with Crippen LogP contribution >= 0.6 is 0 Å². The normalized spacial score (nSPS) is 10.2. The molecule has 0 spiro atoms. The maximum atomic E-state index is 12.2. The highest BCUT2D eigenvalue weighted by Gasteiger charge is 2.13. The van der Waals surface area contributed by atoms with Crippen LogP contribution in [-0.4, -0.2) is 27.8 Å². The van der Waals surface area contributed by atoms with E-state index in [1.165, 1.54) is 0 Å². The summed E-state index contributed by atoms with van der Waals surface area (Å²) in [5.41, 5.74) is 7.66. The number of aromatic nitrogens is 2. The molecule has 2 N–H and O–H groups in total. The summed E-state index contributed by atoms with van der Waals surface area (Å²) in [5, 5.41) is 0. The van der Waals surface area contributed by atoms with Crippen molar-refractivity contribution in [2.45, 2.75) is 13.1 Å². The highest BCUT2D eigenvalue weighted by atomic mass is 16.2. The Labute approximate surface area is 112 Å². The van der Waals surface area contributed by atoms with Crippen molar-refractivity contribution < 1.29 is 4.79 Å². The van der Waals surface area contributed by atoms with Crippen molar-refractivity contribution >= 4 is 5.91 Å². The lowest BCUT2D eigenvalue weighted by atomic mass is 10.2. The summed E-state index contributed by atoms with van der Waals surface area (Å²) in [6.45, 7) is 0.880. The van der Waals surface area contributed by atoms with Gasteiger partial charge >= 0.3 is 0 Å². The second-order valence-electron chi connectivity index (χ2n) is 4.24. The minimum atomic E-state index is -0.130. The van der Waals surface area contributed by atoms with E-state index in [4.69, 9.17) is 5.73 Å². The Hall–Kier alpha value is -2.27. The van der Waals surface area contributed by atoms with Gasteiger partial charge in [0, 0.05) is 26.0 Å². The number of carbonyl (C=O) groups excluding carboxylic acids is 1. The van der Waals surface area contributed by atoms with E-state index in [0.29, 0.717) is 18.8 Å². The molecular formula is C14H16N4O. The molecule has 0 aliphatic carbocycles. The van der Waals surface area contributed by atoms with E-state index in [2.05, 4.69) is 9.97 Å². The number of hydrogen-bond donors (Lipinski definition) is 1. The van der Waals surface area contributed by atoms with E-state index in [1.807, 2.05) is 24.3 Å². The molecule has 2 aromatic rings. The first-order valence-corrected chi connectivity index (χ1v) is 6.01. The van der Waals surface area contributed by atoms with Crippen molar-refractivity contribution in [3.8, 4) is 0 Å². The van der Waals surface area contributed by atoms with Gasteiger partial charge in [-0.25, -0.2) is 0 Å². The molecule has 0 bridgehead atoms. The average molecular weight is 256 g/mol. The molecule has 0 fully saturated rings. The van der Waals surface area contributed by atoms with Crippen LogP contribution in [0, 0.1) is 0 Å². The van der Waals surface area contributed by atoms with Gasteiger partial charge < -0.3 is 10.6 Å². The van der Waals surface area contributed by atoms with Crippen molar-refractivity contribution in [2.75, 3.05) is 7.05 Å². The minimum absolute atomic E-state index is 0.130. The van der Waals surface area contributed by atoms with Gasteiger partial charge in [0.05, 0.1) is 12.2 Å². The quantitative estimate of drug-likeness (QED) is 0.892. The van der Waals surface area contributed by atoms with Crippen LogP contribution in [0.4, 0.5) is 0 Å². The van der Waals surface area contributed by atoms with Gasteiger partial charge in [-0.1, -0.05) is 12.1 Å². The molecule has 0 saturated heterocycles. The number of hydrogen-bond acceptors (Lipinski definition) is 4. The molecule has 1 amide bonds. The van der Waals surface area contributed by atoms with E-state index in [-0.39, 0.29) is 5.91 Å². The second kappa shape index (κ2) is 6.06. The van der Waals surface area contributed by atoms with E-state index in [1.54, 1.807) is 30.4 Å². The van der Waals surface area contributed by atoms with E-state index < -0.39 is 0 Å². The lowest BCUT2D eigenvalue weighted by Gasteiger charge is -2.16. The number of carbonyl (C=O) groups is 1. The van der Waals surface area contributed by atoms with Crippen LogP contribution in [0.3, 0.4) is 0 Å². The Morgan fingerprint density at radius 2 is 2.11 bits per heavy atom. The number of nitrogens with zero attached hydrogens (tertiary/aromatic N) is 3. The average Bonchev–Trinajstić information content (AvgIpc) is 2.47. The topological polar surface area (TPSA) is 72.1 Å². The molecule has 5 heteroatoms. The first-order valence-electron chi connectivity index (χ1n) is 6.01. The monoisotopic (exact) mass is 256 g/mol. The molecule has 2 rings (SSSR count). The van der Waals surface area contributed by atoms with Gasteiger partial charge in [0.1, 0.15) is 5.69 Å². The molecule has 0 atom stereocenters. The van der Waals surface area contributed by atoms with Crippen molar-refractivity contribution in [1.82, 2.24) is 14.9 Å². The van der Waals surface area contributed by atoms with Gasteiger partial charge in [0.2, 0.25) is 0 Å². The Morgan fingerprint density at radius 3 is 2.68 bits per heavy atom. The van der Waals surface area contributed by atoms with Crippen LogP contribution in [0.2, 0.25) is 0 Å². The van der Waals surface area contributed by atoms with Crippen LogP contribution in [0.15, 0.2) is 42.7 Å². The summed E-state index contributed by atoms with van der Waals surface area (Å²) in [7, 11) is 1.73. The summed E-state index contributed by atoms with van der Waals surface area (Å²) in [4.78, 5) is 22.1. The summed E-state index contributed by atoms with van der Waals surface area (Å²) >= 11 is 0. The predicted molar refractivity (Wildman–Crippen MR) is 72.2 cm³/mol. The zero-order valence-electron chi connectivity index (χ0n) is 10.8. The fourth-order valence-corrected chi connectivity index (χ4v) is 1.67. The van der Waals surface area contributed by atoms with Gasteiger partial charge in [0.15, 0.2) is 0 Å². The largest absolute Gasteiger partial charge is 0.334 e. The van der Waals surface area contributed by atoms with E-state index >= 15 is 0 Å². The maximum Gasteiger partial charge on any atom is 0.272 e. The standard InChI is InChI=1S/C14H16N4O/c1-18(10-12-4-2-3-7-16-12)14(19)13-6-5-11(8-15)9-17-13/h2-7,9H,8,10,15H2,1H3. The van der Waals surface area contributed by atoms with Crippen LogP contribution in [0.5, 0.6) is 0 Å². The van der Waals surface area contributed by atoms with Crippen molar-refractivity contribution in [3.63, 3.8) is 0 Å². The third-order valence-corrected chi connectivity index (χ3v) is 2.75. The summed E-state index contributed by atoms with van der Waals surface area (Å²) in [6, 6.07) is 9.14. The molecule has 98 valence electrons. The zero-order valence-corrected chi connectivity index (χ0v) is 10.8. The predicted octanol–water partition coefficient (Wildman–Crippen LogP) is 1.21. The van der Waals surface area contributed by atoms with Gasteiger partial charge in [-0.15, -0.1) is 0 Å². The molecule has 19 heavy (non-hydrogen) atoms. The number of amides is 1. The molecular weight excluding hydrogens is 240 g/mol. The van der Waals surface area contributed by atoms with Crippen LogP contribution < -0.4 is 5.73 Å². The third-order valence-electron chi connectivity index (χ3n) is 2.75. The van der Waals surface area contributed by atoms with Crippen LogP contribution in [-0.2, 0) is 13.1 Å². The minimum Gasteiger partial charge on any atom is -0.334 e. The molecule has 0 unspecified atom stereocenters. The van der Waals surface area contributed by atoms with Gasteiger partial charge in [-0.3, -0.25) is 14.8 Å². The summed E-state index contributed by atoms with van der Waals surface area (Å²) in [5.74, 6) is -0.130. The summed E-state index contributed by atoms with van der Waals surface area (Å²) in [6.07, 6.45) is 3.34. The third kappa shape index (κ3) is 3.35. The first-order chi connectivity index (χ1) is 9.20. The van der Waals surface area contributed by atoms with Crippen molar-refractivity contribution in [3.05, 3.63) is 59.7 Å². The lowest BCUT2D eigenvalue weighted by Crippen LogP contribution is -2.27. The Balaban J connectivity index is 2.06. The fraction of sp³-hybridized carbons (Fsp3) is 0.214. The molecule has 2 heterocycles. The maximum absolute atomic E-state index is 12.2. The zero-order chi connectivity index (χ0) is 13.7. The lowest BCUT2D eigenvalue weighted by molar-refractivity contribution is 0.0777. The van der Waals surface area contributed by atoms with Crippen molar-refractivity contribution in [2.24, 2.45) is 5.73 Å². The first kappa shape index (κ1) is 13.2. The second-order valence-corrected chi connectivity index (χ2v) is 4.24. The summed E-state index contributed by atoms with van der Waals surface area (Å²) < 4.78 is 0. The highest BCUT2D eigenvalue weighted by Crippen LogP contribution is 2.06. The highest BCUT2D eigenvalue weighted by molar-refractivity contribution is 5.92. The Bertz CT molecular complexity index is 539. The van der Waals surface area contributed by atoms with Crippen molar-refractivity contribution in [1.29, 1.82) is 0 Å². The number of pyridine rings is 2. The van der Waals surface area contributed by atoms with Gasteiger partial charge in [-0.2, -0.15) is 0 Å². The molecule has 0 radical (unpaired) electrons. The SMILES string of the molecule is CN(Cc1ccccn1)C(=O)c1ccc(CN)cn1. The van der Waals surface area contributed by atoms with Gasteiger partial charge in [-0.05, 0) is 23.8 Å². The molecule has 2 aromatic heterocycles. The van der Waals surface area contributed by atoms with Crippen LogP contribution in [0.1, 0.15) is 21.7 Å². The Kier molecular flexibility index (Phi) is 4.20. The van der Waals surface area contributed by atoms with E-state index in [0.717, 1.165) is 11.3 Å².